The van der Waals surface area contributed by atoms with Gasteiger partial charge < -0.3 is 9.47 Å². The van der Waals surface area contributed by atoms with Gasteiger partial charge in [0, 0.05) is 12.7 Å². The largest absolute Gasteiger partial charge is 0.425 e. The van der Waals surface area contributed by atoms with Crippen molar-refractivity contribution >= 4 is 5.97 Å². The van der Waals surface area contributed by atoms with Crippen LogP contribution in [0.4, 0.5) is 0 Å². The van der Waals surface area contributed by atoms with Crippen LogP contribution in [0.1, 0.15) is 43.9 Å². The average Bonchev–Trinajstić information content (AvgIpc) is 2.94. The van der Waals surface area contributed by atoms with Crippen LogP contribution in [0.25, 0.3) is 0 Å². The van der Waals surface area contributed by atoms with E-state index in [0.717, 1.165) is 16.7 Å². The summed E-state index contributed by atoms with van der Waals surface area (Å²) in [6.07, 6.45) is 0.365. The highest BCUT2D eigenvalue weighted by molar-refractivity contribution is 5.96. The van der Waals surface area contributed by atoms with Crippen molar-refractivity contribution in [3.05, 3.63) is 65.2 Å². The summed E-state index contributed by atoms with van der Waals surface area (Å²) in [7, 11) is 1.62. The number of nitrogens with zero attached hydrogens (tertiary/aromatic N) is 1. The van der Waals surface area contributed by atoms with Crippen LogP contribution in [0.2, 0.25) is 0 Å². The highest BCUT2D eigenvalue weighted by Gasteiger charge is 2.63. The molecule has 140 valence electrons. The fourth-order valence-corrected chi connectivity index (χ4v) is 4.29. The van der Waals surface area contributed by atoms with E-state index < -0.39 is 22.4 Å². The summed E-state index contributed by atoms with van der Waals surface area (Å²) in [6, 6.07) is 17.6. The Labute approximate surface area is 160 Å². The zero-order chi connectivity index (χ0) is 19.9. The first kappa shape index (κ1) is 19.1. The average molecular weight is 363 g/mol. The Morgan fingerprint density at radius 2 is 1.81 bits per heavy atom. The first-order valence-corrected chi connectivity index (χ1v) is 9.05. The summed E-state index contributed by atoms with van der Waals surface area (Å²) in [5, 5.41) is 10.3. The van der Waals surface area contributed by atoms with Crippen molar-refractivity contribution in [1.29, 1.82) is 5.26 Å². The van der Waals surface area contributed by atoms with Crippen molar-refractivity contribution in [2.75, 3.05) is 7.11 Å². The molecule has 0 saturated heterocycles. The maximum absolute atomic E-state index is 13.4. The molecule has 2 unspecified atom stereocenters. The summed E-state index contributed by atoms with van der Waals surface area (Å²) < 4.78 is 11.3. The molecule has 1 aliphatic heterocycles. The van der Waals surface area contributed by atoms with Crippen molar-refractivity contribution in [3.8, 4) is 11.8 Å². The van der Waals surface area contributed by atoms with Crippen LogP contribution in [0.3, 0.4) is 0 Å². The minimum atomic E-state index is -1.22. The smallest absolute Gasteiger partial charge is 0.328 e. The lowest BCUT2D eigenvalue weighted by Gasteiger charge is -2.43. The third kappa shape index (κ3) is 2.83. The standard InChI is InChI=1S/C23H25NO3/c1-16-11-12-19-18(13-16)23(20(25)27-19,17-9-7-6-8-10-17)22(4,15-24)14-21(2,3)26-5/h6-13H,14H2,1-5H3. The normalized spacial score (nSPS) is 21.1. The molecule has 0 fully saturated rings. The number of rotatable bonds is 5. The van der Waals surface area contributed by atoms with Gasteiger partial charge in [-0.25, -0.2) is 0 Å². The maximum Gasteiger partial charge on any atom is 0.328 e. The van der Waals surface area contributed by atoms with E-state index in [9.17, 15) is 10.1 Å². The van der Waals surface area contributed by atoms with Gasteiger partial charge in [0.05, 0.1) is 17.1 Å². The van der Waals surface area contributed by atoms with Gasteiger partial charge in [0.1, 0.15) is 11.2 Å². The predicted molar refractivity (Wildman–Crippen MR) is 103 cm³/mol. The molecule has 3 rings (SSSR count). The van der Waals surface area contributed by atoms with E-state index in [1.807, 2.05) is 76.2 Å². The fourth-order valence-electron chi connectivity index (χ4n) is 4.29. The summed E-state index contributed by atoms with van der Waals surface area (Å²) >= 11 is 0. The molecule has 4 nitrogen and oxygen atoms in total. The van der Waals surface area contributed by atoms with Gasteiger partial charge in [0.15, 0.2) is 0 Å². The SMILES string of the molecule is COC(C)(C)CC(C)(C#N)C1(c2ccccc2)C(=O)Oc2ccc(C)cc21. The number of nitriles is 1. The number of methoxy groups -OCH3 is 1. The molecule has 0 N–H and O–H groups in total. The number of esters is 1. The van der Waals surface area contributed by atoms with Crippen LogP contribution in [0.5, 0.6) is 5.75 Å². The second-order valence-electron chi connectivity index (χ2n) is 8.09. The molecule has 2 aromatic carbocycles. The number of hydrogen-bond donors (Lipinski definition) is 0. The van der Waals surface area contributed by atoms with Crippen molar-refractivity contribution in [3.63, 3.8) is 0 Å². The van der Waals surface area contributed by atoms with Crippen LogP contribution in [-0.2, 0) is 14.9 Å². The topological polar surface area (TPSA) is 59.3 Å². The molecule has 0 amide bonds. The Bertz CT molecular complexity index is 913. The van der Waals surface area contributed by atoms with E-state index in [1.165, 1.54) is 0 Å². The van der Waals surface area contributed by atoms with Gasteiger partial charge in [0.25, 0.3) is 0 Å². The number of hydrogen-bond acceptors (Lipinski definition) is 4. The fraction of sp³-hybridized carbons (Fsp3) is 0.391. The number of aryl methyl sites for hydroxylation is 1. The van der Waals surface area contributed by atoms with Gasteiger partial charge in [-0.05, 0) is 45.7 Å². The Morgan fingerprint density at radius 3 is 2.41 bits per heavy atom. The molecule has 2 aromatic rings. The molecule has 0 aliphatic carbocycles. The lowest BCUT2D eigenvalue weighted by Crippen LogP contribution is -2.52. The molecule has 0 spiro atoms. The minimum absolute atomic E-state index is 0.365. The number of carbonyl (C=O) groups is 1. The van der Waals surface area contributed by atoms with Crippen LogP contribution in [-0.4, -0.2) is 18.7 Å². The monoisotopic (exact) mass is 363 g/mol. The molecule has 1 aliphatic rings. The van der Waals surface area contributed by atoms with Gasteiger partial charge in [-0.1, -0.05) is 48.0 Å². The van der Waals surface area contributed by atoms with Crippen molar-refractivity contribution < 1.29 is 14.3 Å². The molecule has 27 heavy (non-hydrogen) atoms. The van der Waals surface area contributed by atoms with Crippen molar-refractivity contribution in [1.82, 2.24) is 0 Å². The molecule has 4 heteroatoms. The third-order valence-corrected chi connectivity index (χ3v) is 5.66. The summed E-state index contributed by atoms with van der Waals surface area (Å²) in [4.78, 5) is 13.4. The highest BCUT2D eigenvalue weighted by Crippen LogP contribution is 2.57. The molecule has 0 radical (unpaired) electrons. The lowest BCUT2D eigenvalue weighted by molar-refractivity contribution is -0.141. The Balaban J connectivity index is 2.37. The summed E-state index contributed by atoms with van der Waals surface area (Å²) in [6.45, 7) is 7.67. The number of benzene rings is 2. The number of fused-ring (bicyclic) bond motifs is 1. The van der Waals surface area contributed by atoms with Gasteiger partial charge in [-0.15, -0.1) is 0 Å². The van der Waals surface area contributed by atoms with Crippen molar-refractivity contribution in [2.24, 2.45) is 5.41 Å². The van der Waals surface area contributed by atoms with E-state index in [4.69, 9.17) is 9.47 Å². The van der Waals surface area contributed by atoms with Gasteiger partial charge in [-0.3, -0.25) is 4.79 Å². The molecule has 1 heterocycles. The zero-order valence-corrected chi connectivity index (χ0v) is 16.5. The molecule has 0 aromatic heterocycles. The van der Waals surface area contributed by atoms with E-state index in [0.29, 0.717) is 12.2 Å². The predicted octanol–water partition coefficient (Wildman–Crippen LogP) is 4.55. The number of carbonyl (C=O) groups excluding carboxylic acids is 1. The van der Waals surface area contributed by atoms with Crippen LogP contribution in [0, 0.1) is 23.7 Å². The van der Waals surface area contributed by atoms with E-state index >= 15 is 0 Å². The van der Waals surface area contributed by atoms with Gasteiger partial charge in [0.2, 0.25) is 0 Å². The minimum Gasteiger partial charge on any atom is -0.425 e. The van der Waals surface area contributed by atoms with Crippen LogP contribution < -0.4 is 4.74 Å². The highest BCUT2D eigenvalue weighted by atomic mass is 16.5. The molecule has 0 bridgehead atoms. The lowest BCUT2D eigenvalue weighted by atomic mass is 9.55. The van der Waals surface area contributed by atoms with Crippen LogP contribution >= 0.6 is 0 Å². The maximum atomic E-state index is 13.4. The second-order valence-corrected chi connectivity index (χ2v) is 8.09. The number of ether oxygens (including phenoxy) is 2. The quantitative estimate of drug-likeness (QED) is 0.578. The first-order valence-electron chi connectivity index (χ1n) is 9.05. The summed E-state index contributed by atoms with van der Waals surface area (Å²) in [5.74, 6) is 0.108. The Kier molecular flexibility index (Phi) is 4.61. The van der Waals surface area contributed by atoms with Crippen molar-refractivity contribution in [2.45, 2.75) is 45.1 Å². The third-order valence-electron chi connectivity index (χ3n) is 5.66. The molecule has 2 atom stereocenters. The van der Waals surface area contributed by atoms with E-state index in [1.54, 1.807) is 7.11 Å². The molecule has 0 saturated carbocycles. The van der Waals surface area contributed by atoms with Crippen LogP contribution in [0.15, 0.2) is 48.5 Å². The summed E-state index contributed by atoms with van der Waals surface area (Å²) in [5.41, 5.74) is -0.368. The molecular weight excluding hydrogens is 338 g/mol. The first-order chi connectivity index (χ1) is 12.7. The Morgan fingerprint density at radius 1 is 1.15 bits per heavy atom. The van der Waals surface area contributed by atoms with Gasteiger partial charge >= 0.3 is 5.97 Å². The van der Waals surface area contributed by atoms with Gasteiger partial charge in [-0.2, -0.15) is 5.26 Å². The van der Waals surface area contributed by atoms with E-state index in [-0.39, 0.29) is 0 Å². The zero-order valence-electron chi connectivity index (χ0n) is 16.5. The molecular formula is C23H25NO3. The van der Waals surface area contributed by atoms with E-state index in [2.05, 4.69) is 6.07 Å². The Hall–Kier alpha value is -2.64. The second kappa shape index (κ2) is 6.51.